The summed E-state index contributed by atoms with van der Waals surface area (Å²) < 4.78 is 26.7. The first-order chi connectivity index (χ1) is 9.94. The molecule has 3 N–H and O–H groups in total. The first-order valence-electron chi connectivity index (χ1n) is 7.10. The molecule has 21 heavy (non-hydrogen) atoms. The van der Waals surface area contributed by atoms with Crippen LogP contribution in [0.2, 0.25) is 0 Å². The molecule has 1 heterocycles. The molecule has 0 radical (unpaired) electrons. The van der Waals surface area contributed by atoms with Gasteiger partial charge in [0.25, 0.3) is 0 Å². The van der Waals surface area contributed by atoms with Crippen molar-refractivity contribution in [3.05, 3.63) is 23.8 Å². The number of nitrogens with two attached hydrogens (primary N) is 1. The van der Waals surface area contributed by atoms with E-state index in [9.17, 15) is 13.2 Å². The van der Waals surface area contributed by atoms with E-state index in [1.165, 1.54) is 12.1 Å². The van der Waals surface area contributed by atoms with Crippen LogP contribution in [0, 0.1) is 0 Å². The quantitative estimate of drug-likeness (QED) is 0.784. The lowest BCUT2D eigenvalue weighted by Gasteiger charge is -2.15. The second kappa shape index (κ2) is 6.44. The highest BCUT2D eigenvalue weighted by Crippen LogP contribution is 2.18. The van der Waals surface area contributed by atoms with E-state index in [4.69, 9.17) is 5.73 Å². The number of rotatable bonds is 5. The van der Waals surface area contributed by atoms with E-state index in [-0.39, 0.29) is 17.3 Å². The van der Waals surface area contributed by atoms with Gasteiger partial charge in [-0.1, -0.05) is 13.0 Å². The van der Waals surface area contributed by atoms with Crippen molar-refractivity contribution < 1.29 is 13.2 Å². The molecule has 0 unspecified atom stereocenters. The Hall–Kier alpha value is -1.60. The minimum absolute atomic E-state index is 0.0893. The number of hydrogen-bond acceptors (Lipinski definition) is 4. The van der Waals surface area contributed by atoms with Crippen LogP contribution >= 0.6 is 0 Å². The first kappa shape index (κ1) is 15.8. The Morgan fingerprint density at radius 3 is 2.57 bits per heavy atom. The number of nitrogens with zero attached hydrogens (tertiary/aromatic N) is 1. The second-order valence-corrected chi connectivity index (χ2v) is 6.89. The summed E-state index contributed by atoms with van der Waals surface area (Å²) in [7, 11) is -3.71. The minimum atomic E-state index is -3.71. The Morgan fingerprint density at radius 2 is 2.00 bits per heavy atom. The number of nitrogens with one attached hydrogen (secondary N) is 1. The van der Waals surface area contributed by atoms with Crippen LogP contribution in [0.3, 0.4) is 0 Å². The molecule has 7 heteroatoms. The fourth-order valence-corrected chi connectivity index (χ4v) is 3.39. The summed E-state index contributed by atoms with van der Waals surface area (Å²) in [6.07, 6.45) is 2.70. The van der Waals surface area contributed by atoms with Crippen molar-refractivity contribution in [2.75, 3.05) is 25.4 Å². The van der Waals surface area contributed by atoms with Gasteiger partial charge in [-0.25, -0.2) is 13.1 Å². The van der Waals surface area contributed by atoms with Crippen LogP contribution in [-0.4, -0.2) is 38.9 Å². The van der Waals surface area contributed by atoms with Crippen molar-refractivity contribution in [1.29, 1.82) is 0 Å². The molecule has 0 aliphatic carbocycles. The average Bonchev–Trinajstić information content (AvgIpc) is 2.99. The zero-order valence-electron chi connectivity index (χ0n) is 12.1. The molecule has 0 saturated carbocycles. The van der Waals surface area contributed by atoms with Crippen LogP contribution in [0.1, 0.15) is 25.3 Å². The van der Waals surface area contributed by atoms with Crippen molar-refractivity contribution in [3.63, 3.8) is 0 Å². The first-order valence-corrected chi connectivity index (χ1v) is 8.58. The summed E-state index contributed by atoms with van der Waals surface area (Å²) >= 11 is 0. The monoisotopic (exact) mass is 311 g/mol. The Labute approximate surface area is 125 Å². The molecule has 116 valence electrons. The number of carbonyl (C=O) groups excluding carboxylic acids is 1. The maximum absolute atomic E-state index is 12.2. The highest BCUT2D eigenvalue weighted by atomic mass is 32.2. The number of nitrogen functional groups attached to an aromatic ring is 1. The second-order valence-electron chi connectivity index (χ2n) is 5.13. The van der Waals surface area contributed by atoms with Crippen LogP contribution < -0.4 is 10.5 Å². The molecule has 0 atom stereocenters. The Bertz CT molecular complexity index is 622. The molecule has 1 aromatic rings. The third-order valence-electron chi connectivity index (χ3n) is 3.68. The van der Waals surface area contributed by atoms with Crippen LogP contribution in [0.15, 0.2) is 23.1 Å². The number of carbonyl (C=O) groups is 1. The third kappa shape index (κ3) is 3.74. The fourth-order valence-electron chi connectivity index (χ4n) is 2.38. The lowest BCUT2D eigenvalue weighted by molar-refractivity contribution is -0.128. The van der Waals surface area contributed by atoms with Gasteiger partial charge < -0.3 is 10.6 Å². The number of anilines is 1. The Kier molecular flexibility index (Phi) is 4.84. The molecule has 0 spiro atoms. The molecule has 0 bridgehead atoms. The largest absolute Gasteiger partial charge is 0.398 e. The van der Waals surface area contributed by atoms with Gasteiger partial charge in [0.15, 0.2) is 0 Å². The molecule has 1 saturated heterocycles. The summed E-state index contributed by atoms with van der Waals surface area (Å²) in [6.45, 7) is 3.15. The van der Waals surface area contributed by atoms with Crippen molar-refractivity contribution in [2.24, 2.45) is 0 Å². The molecule has 1 aliphatic heterocycles. The summed E-state index contributed by atoms with van der Waals surface area (Å²) in [4.78, 5) is 13.6. The van der Waals surface area contributed by atoms with E-state index in [2.05, 4.69) is 4.72 Å². The van der Waals surface area contributed by atoms with Gasteiger partial charge in [0.1, 0.15) is 0 Å². The molecule has 1 amide bonds. The number of hydrogen-bond donors (Lipinski definition) is 2. The number of amides is 1. The van der Waals surface area contributed by atoms with E-state index in [0.717, 1.165) is 24.8 Å². The van der Waals surface area contributed by atoms with E-state index >= 15 is 0 Å². The van der Waals surface area contributed by atoms with E-state index in [0.29, 0.717) is 18.8 Å². The standard InChI is InChI=1S/C14H21N3O3S/c1-2-11-5-6-12(9-13(11)15)21(19,20)16-10-14(18)17-7-3-4-8-17/h5-6,9,16H,2-4,7-8,10,15H2,1H3. The fraction of sp³-hybridized carbons (Fsp3) is 0.500. The lowest BCUT2D eigenvalue weighted by Crippen LogP contribution is -2.38. The Balaban J connectivity index is 2.04. The van der Waals surface area contributed by atoms with Crippen molar-refractivity contribution in [3.8, 4) is 0 Å². The highest BCUT2D eigenvalue weighted by molar-refractivity contribution is 7.89. The van der Waals surface area contributed by atoms with E-state index in [1.807, 2.05) is 6.92 Å². The predicted octanol–water partition coefficient (Wildman–Crippen LogP) is 0.732. The summed E-state index contributed by atoms with van der Waals surface area (Å²) in [5.74, 6) is -0.186. The van der Waals surface area contributed by atoms with Gasteiger partial charge in [0, 0.05) is 18.8 Å². The maximum atomic E-state index is 12.2. The van der Waals surface area contributed by atoms with Gasteiger partial charge in [-0.2, -0.15) is 0 Å². The van der Waals surface area contributed by atoms with E-state index in [1.54, 1.807) is 11.0 Å². The number of benzene rings is 1. The SMILES string of the molecule is CCc1ccc(S(=O)(=O)NCC(=O)N2CCCC2)cc1N. The van der Waals surface area contributed by atoms with Gasteiger partial charge >= 0.3 is 0 Å². The topological polar surface area (TPSA) is 92.5 Å². The molecule has 1 aliphatic rings. The van der Waals surface area contributed by atoms with Gasteiger partial charge in [0.05, 0.1) is 11.4 Å². The van der Waals surface area contributed by atoms with Crippen LogP contribution in [0.4, 0.5) is 5.69 Å². The molecule has 0 aromatic heterocycles. The number of aryl methyl sites for hydroxylation is 1. The number of sulfonamides is 1. The summed E-state index contributed by atoms with van der Waals surface area (Å²) in [5, 5.41) is 0. The Morgan fingerprint density at radius 1 is 1.33 bits per heavy atom. The molecule has 6 nitrogen and oxygen atoms in total. The van der Waals surface area contributed by atoms with Gasteiger partial charge in [-0.3, -0.25) is 4.79 Å². The molecular formula is C14H21N3O3S. The smallest absolute Gasteiger partial charge is 0.241 e. The molecule has 2 rings (SSSR count). The highest BCUT2D eigenvalue weighted by Gasteiger charge is 2.21. The zero-order chi connectivity index (χ0) is 15.5. The third-order valence-corrected chi connectivity index (χ3v) is 5.08. The van der Waals surface area contributed by atoms with Crippen LogP contribution in [-0.2, 0) is 21.2 Å². The normalized spacial score (nSPS) is 15.4. The lowest BCUT2D eigenvalue weighted by atomic mass is 10.1. The van der Waals surface area contributed by atoms with Crippen molar-refractivity contribution in [2.45, 2.75) is 31.1 Å². The zero-order valence-corrected chi connectivity index (χ0v) is 12.9. The van der Waals surface area contributed by atoms with Gasteiger partial charge in [-0.15, -0.1) is 0 Å². The van der Waals surface area contributed by atoms with Crippen molar-refractivity contribution in [1.82, 2.24) is 9.62 Å². The van der Waals surface area contributed by atoms with Crippen LogP contribution in [0.25, 0.3) is 0 Å². The maximum Gasteiger partial charge on any atom is 0.241 e. The van der Waals surface area contributed by atoms with Gasteiger partial charge in [0.2, 0.25) is 15.9 Å². The van der Waals surface area contributed by atoms with E-state index < -0.39 is 10.0 Å². The molecular weight excluding hydrogens is 290 g/mol. The molecule has 1 aromatic carbocycles. The average molecular weight is 311 g/mol. The van der Waals surface area contributed by atoms with Crippen molar-refractivity contribution >= 4 is 21.6 Å². The summed E-state index contributed by atoms with van der Waals surface area (Å²) in [5.41, 5.74) is 7.17. The predicted molar refractivity (Wildman–Crippen MR) is 81.2 cm³/mol. The molecule has 1 fully saturated rings. The number of likely N-dealkylation sites (tertiary alicyclic amines) is 1. The minimum Gasteiger partial charge on any atom is -0.398 e. The summed E-state index contributed by atoms with van der Waals surface area (Å²) in [6, 6.07) is 4.64. The van der Waals surface area contributed by atoms with Crippen LogP contribution in [0.5, 0.6) is 0 Å². The van der Waals surface area contributed by atoms with Gasteiger partial charge in [-0.05, 0) is 37.0 Å².